The van der Waals surface area contributed by atoms with E-state index >= 15 is 0 Å². The largest absolute Gasteiger partial charge is 1.00 e. The van der Waals surface area contributed by atoms with Crippen LogP contribution < -0.4 is 34.9 Å². The zero-order chi connectivity index (χ0) is 8.74. The Morgan fingerprint density at radius 3 is 2.33 bits per heavy atom. The van der Waals surface area contributed by atoms with Crippen molar-refractivity contribution in [2.24, 2.45) is 0 Å². The van der Waals surface area contributed by atoms with E-state index in [1.165, 1.54) is 0 Å². The van der Waals surface area contributed by atoms with Crippen molar-refractivity contribution in [2.45, 2.75) is 19.8 Å². The summed E-state index contributed by atoms with van der Waals surface area (Å²) < 4.78 is 30.2. The van der Waals surface area contributed by atoms with E-state index in [0.29, 0.717) is 0 Å². The summed E-state index contributed by atoms with van der Waals surface area (Å²) in [5.74, 6) is -0.309. The summed E-state index contributed by atoms with van der Waals surface area (Å²) in [4.78, 5) is 0. The van der Waals surface area contributed by atoms with Crippen LogP contribution in [0.4, 0.5) is 0 Å². The van der Waals surface area contributed by atoms with Gasteiger partial charge < -0.3 is 9.87 Å². The maximum Gasteiger partial charge on any atom is 1.00 e. The van der Waals surface area contributed by atoms with Gasteiger partial charge in [-0.05, 0) is 13.0 Å². The number of rotatable bonds is 6. The van der Waals surface area contributed by atoms with Crippen molar-refractivity contribution in [2.75, 3.05) is 18.8 Å². The zero-order valence-electron chi connectivity index (χ0n) is 7.67. The molecule has 0 amide bonds. The van der Waals surface area contributed by atoms with Crippen LogP contribution in [0.3, 0.4) is 0 Å². The van der Waals surface area contributed by atoms with Crippen LogP contribution in [0.2, 0.25) is 0 Å². The van der Waals surface area contributed by atoms with E-state index in [-0.39, 0.29) is 41.9 Å². The van der Waals surface area contributed by atoms with Gasteiger partial charge in [0.15, 0.2) is 0 Å². The first kappa shape index (κ1) is 15.3. The summed E-state index contributed by atoms with van der Waals surface area (Å²) in [6, 6.07) is 0. The van der Waals surface area contributed by atoms with Crippen molar-refractivity contribution in [3.63, 3.8) is 0 Å². The van der Waals surface area contributed by atoms with Gasteiger partial charge in [0.2, 0.25) is 0 Å². The molecule has 6 heteroatoms. The Morgan fingerprint density at radius 2 is 1.92 bits per heavy atom. The summed E-state index contributed by atoms with van der Waals surface area (Å²) in [5.41, 5.74) is 0. The second-order valence-corrected chi connectivity index (χ2v) is 3.89. The molecular formula is C6H14NNaO3S. The van der Waals surface area contributed by atoms with Gasteiger partial charge >= 0.3 is 29.6 Å². The smallest absolute Gasteiger partial charge is 0.748 e. The maximum atomic E-state index is 10.1. The molecule has 0 spiro atoms. The van der Waals surface area contributed by atoms with Gasteiger partial charge in [-0.15, -0.1) is 0 Å². The monoisotopic (exact) mass is 203 g/mol. The van der Waals surface area contributed by atoms with E-state index in [1.54, 1.807) is 0 Å². The third-order valence-electron chi connectivity index (χ3n) is 1.24. The summed E-state index contributed by atoms with van der Waals surface area (Å²) in [6.07, 6.45) is 2.08. The van der Waals surface area contributed by atoms with Crippen molar-refractivity contribution in [1.82, 2.24) is 5.32 Å². The van der Waals surface area contributed by atoms with Crippen LogP contribution in [0.15, 0.2) is 0 Å². The summed E-state index contributed by atoms with van der Waals surface area (Å²) in [7, 11) is -4.02. The molecule has 0 saturated carbocycles. The van der Waals surface area contributed by atoms with Crippen LogP contribution in [0.25, 0.3) is 0 Å². The van der Waals surface area contributed by atoms with Gasteiger partial charge in [-0.25, -0.2) is 8.42 Å². The molecule has 12 heavy (non-hydrogen) atoms. The van der Waals surface area contributed by atoms with Gasteiger partial charge in [-0.2, -0.15) is 0 Å². The van der Waals surface area contributed by atoms with Gasteiger partial charge in [0.1, 0.15) is 0 Å². The Bertz CT molecular complexity index is 181. The normalized spacial score (nSPS) is 10.8. The second-order valence-electron chi connectivity index (χ2n) is 2.37. The van der Waals surface area contributed by atoms with E-state index in [2.05, 4.69) is 5.32 Å². The van der Waals surface area contributed by atoms with E-state index in [4.69, 9.17) is 0 Å². The van der Waals surface area contributed by atoms with Gasteiger partial charge in [0, 0.05) is 6.54 Å². The molecule has 0 aromatic rings. The SMILES string of the molecule is CCCCNCCS(=O)(=O)[O-].[Na+]. The van der Waals surface area contributed by atoms with E-state index < -0.39 is 10.1 Å². The molecule has 0 aliphatic heterocycles. The van der Waals surface area contributed by atoms with Crippen LogP contribution in [0, 0.1) is 0 Å². The third-order valence-corrected chi connectivity index (χ3v) is 1.94. The van der Waals surface area contributed by atoms with E-state index in [1.807, 2.05) is 6.92 Å². The topological polar surface area (TPSA) is 69.2 Å². The van der Waals surface area contributed by atoms with Gasteiger partial charge in [0.25, 0.3) is 0 Å². The average molecular weight is 203 g/mol. The first-order valence-electron chi connectivity index (χ1n) is 3.70. The van der Waals surface area contributed by atoms with Crippen molar-refractivity contribution < 1.29 is 42.5 Å². The Hall–Kier alpha value is 0.870. The Balaban J connectivity index is 0. The number of nitrogens with one attached hydrogen (secondary N) is 1. The summed E-state index contributed by atoms with van der Waals surface area (Å²) in [6.45, 7) is 3.10. The molecule has 0 unspecified atom stereocenters. The van der Waals surface area contributed by atoms with Gasteiger partial charge in [-0.3, -0.25) is 0 Å². The molecule has 0 atom stereocenters. The molecule has 0 aromatic carbocycles. The number of unbranched alkanes of at least 4 members (excludes halogenated alkanes) is 1. The zero-order valence-corrected chi connectivity index (χ0v) is 10.5. The van der Waals surface area contributed by atoms with Crippen LogP contribution in [-0.2, 0) is 10.1 Å². The number of hydrogen-bond acceptors (Lipinski definition) is 4. The van der Waals surface area contributed by atoms with Crippen LogP contribution >= 0.6 is 0 Å². The minimum Gasteiger partial charge on any atom is -0.748 e. The summed E-state index contributed by atoms with van der Waals surface area (Å²) >= 11 is 0. The first-order valence-corrected chi connectivity index (χ1v) is 5.28. The molecule has 0 bridgehead atoms. The Morgan fingerprint density at radius 1 is 1.33 bits per heavy atom. The minimum absolute atomic E-state index is 0. The molecule has 0 aromatic heterocycles. The standard InChI is InChI=1S/C6H15NO3S.Na/c1-2-3-4-7-5-6-11(8,9)10;/h7H,2-6H2,1H3,(H,8,9,10);/q;+1/p-1. The van der Waals surface area contributed by atoms with Crippen molar-refractivity contribution in [3.8, 4) is 0 Å². The molecule has 68 valence electrons. The first-order chi connectivity index (χ1) is 5.06. The second kappa shape index (κ2) is 8.47. The molecule has 0 saturated heterocycles. The quantitative estimate of drug-likeness (QED) is 0.282. The molecule has 0 aliphatic rings. The number of hydrogen-bond donors (Lipinski definition) is 1. The molecule has 0 rings (SSSR count). The fourth-order valence-electron chi connectivity index (χ4n) is 0.624. The predicted molar refractivity (Wildman–Crippen MR) is 42.3 cm³/mol. The molecule has 0 radical (unpaired) electrons. The molecule has 0 fully saturated rings. The van der Waals surface area contributed by atoms with Gasteiger partial charge in [-0.1, -0.05) is 13.3 Å². The van der Waals surface area contributed by atoms with Gasteiger partial charge in [0.05, 0.1) is 15.9 Å². The van der Waals surface area contributed by atoms with Crippen molar-refractivity contribution in [1.29, 1.82) is 0 Å². The van der Waals surface area contributed by atoms with Crippen molar-refractivity contribution in [3.05, 3.63) is 0 Å². The molecular weight excluding hydrogens is 189 g/mol. The molecule has 4 nitrogen and oxygen atoms in total. The van der Waals surface area contributed by atoms with Crippen LogP contribution in [0.5, 0.6) is 0 Å². The van der Waals surface area contributed by atoms with Crippen LogP contribution in [0.1, 0.15) is 19.8 Å². The Labute approximate surface area is 96.2 Å². The third kappa shape index (κ3) is 13.5. The predicted octanol–water partition coefficient (Wildman–Crippen LogP) is -3.07. The fourth-order valence-corrected chi connectivity index (χ4v) is 1.02. The summed E-state index contributed by atoms with van der Waals surface area (Å²) in [5, 5.41) is 2.86. The van der Waals surface area contributed by atoms with Crippen molar-refractivity contribution >= 4 is 10.1 Å². The maximum absolute atomic E-state index is 10.1. The van der Waals surface area contributed by atoms with E-state index in [0.717, 1.165) is 19.4 Å². The fraction of sp³-hybridized carbons (Fsp3) is 1.00. The Kier molecular flexibility index (Phi) is 10.8. The molecule has 0 heterocycles. The van der Waals surface area contributed by atoms with Crippen LogP contribution in [-0.4, -0.2) is 31.8 Å². The van der Waals surface area contributed by atoms with E-state index in [9.17, 15) is 13.0 Å². The molecule has 1 N–H and O–H groups in total. The molecule has 0 aliphatic carbocycles. The minimum atomic E-state index is -4.02. The average Bonchev–Trinajstić information content (AvgIpc) is 1.85.